The molecule has 1 rings (SSSR count). The fraction of sp³-hybridized carbons (Fsp3) is 0.750. The molecule has 1 atom stereocenters. The Morgan fingerprint density at radius 2 is 1.94 bits per heavy atom. The number of rotatable bonds is 4. The van der Waals surface area contributed by atoms with Crippen molar-refractivity contribution < 1.29 is 5.11 Å². The molecular weight excluding hydrogens is 202 g/mol. The minimum absolute atomic E-state index is 0.0458. The molecule has 16 heavy (non-hydrogen) atoms. The largest absolute Gasteiger partial charge is 0.391 e. The Balaban J connectivity index is 3.12. The van der Waals surface area contributed by atoms with Crippen LogP contribution < -0.4 is 4.90 Å². The van der Waals surface area contributed by atoms with Crippen LogP contribution in [-0.2, 0) is 13.7 Å². The second-order valence-electron chi connectivity index (χ2n) is 4.76. The maximum absolute atomic E-state index is 9.40. The van der Waals surface area contributed by atoms with E-state index in [1.807, 2.05) is 18.7 Å². The predicted octanol–water partition coefficient (Wildman–Crippen LogP) is 1.70. The highest BCUT2D eigenvalue weighted by molar-refractivity contribution is 5.50. The smallest absolute Gasteiger partial charge is 0.132 e. The molecular formula is C12H23N3O. The first-order chi connectivity index (χ1) is 7.40. The minimum Gasteiger partial charge on any atom is -0.391 e. The van der Waals surface area contributed by atoms with Crippen molar-refractivity contribution in [3.05, 3.63) is 11.3 Å². The monoisotopic (exact) mass is 225 g/mol. The van der Waals surface area contributed by atoms with Gasteiger partial charge in [-0.2, -0.15) is 5.10 Å². The maximum Gasteiger partial charge on any atom is 0.132 e. The standard InChI is InChI=1S/C12H23N3O/c1-8(2)10(4)14(5)12-11(7-16)9(3)13-15(12)6/h8,10,16H,7H2,1-6H3. The van der Waals surface area contributed by atoms with Crippen molar-refractivity contribution in [2.75, 3.05) is 11.9 Å². The average molecular weight is 225 g/mol. The molecule has 92 valence electrons. The molecule has 1 N–H and O–H groups in total. The molecule has 0 saturated carbocycles. The lowest BCUT2D eigenvalue weighted by molar-refractivity contribution is 0.281. The Kier molecular flexibility index (Phi) is 3.97. The molecule has 1 unspecified atom stereocenters. The molecule has 1 aromatic rings. The lowest BCUT2D eigenvalue weighted by Gasteiger charge is -2.30. The molecule has 1 aromatic heterocycles. The van der Waals surface area contributed by atoms with Crippen LogP contribution in [0, 0.1) is 12.8 Å². The van der Waals surface area contributed by atoms with Gasteiger partial charge in [0.15, 0.2) is 0 Å². The molecule has 0 amide bonds. The van der Waals surface area contributed by atoms with Crippen LogP contribution in [0.15, 0.2) is 0 Å². The summed E-state index contributed by atoms with van der Waals surface area (Å²) in [6.45, 7) is 8.56. The molecule has 0 radical (unpaired) electrons. The van der Waals surface area contributed by atoms with Crippen molar-refractivity contribution in [3.8, 4) is 0 Å². The third-order valence-corrected chi connectivity index (χ3v) is 3.38. The number of hydrogen-bond acceptors (Lipinski definition) is 3. The van der Waals surface area contributed by atoms with Crippen LogP contribution in [-0.4, -0.2) is 28.0 Å². The number of aliphatic hydroxyl groups excluding tert-OH is 1. The summed E-state index contributed by atoms with van der Waals surface area (Å²) in [6.07, 6.45) is 0. The second kappa shape index (κ2) is 4.87. The van der Waals surface area contributed by atoms with Gasteiger partial charge in [0, 0.05) is 25.7 Å². The van der Waals surface area contributed by atoms with Gasteiger partial charge in [-0.3, -0.25) is 4.68 Å². The zero-order valence-electron chi connectivity index (χ0n) is 11.2. The number of aryl methyl sites for hydroxylation is 2. The summed E-state index contributed by atoms with van der Waals surface area (Å²) >= 11 is 0. The van der Waals surface area contributed by atoms with Crippen LogP contribution in [0.5, 0.6) is 0 Å². The zero-order valence-corrected chi connectivity index (χ0v) is 11.2. The van der Waals surface area contributed by atoms with Gasteiger partial charge in [0.2, 0.25) is 0 Å². The molecule has 0 saturated heterocycles. The maximum atomic E-state index is 9.40. The van der Waals surface area contributed by atoms with E-state index in [2.05, 4.69) is 37.8 Å². The molecule has 0 aromatic carbocycles. The highest BCUT2D eigenvalue weighted by atomic mass is 16.3. The van der Waals surface area contributed by atoms with Gasteiger partial charge in [-0.1, -0.05) is 13.8 Å². The van der Waals surface area contributed by atoms with Crippen molar-refractivity contribution in [2.45, 2.75) is 40.3 Å². The fourth-order valence-corrected chi connectivity index (χ4v) is 1.96. The highest BCUT2D eigenvalue weighted by Gasteiger charge is 2.21. The third-order valence-electron chi connectivity index (χ3n) is 3.38. The number of aliphatic hydroxyl groups is 1. The van der Waals surface area contributed by atoms with E-state index in [0.29, 0.717) is 12.0 Å². The first-order valence-electron chi connectivity index (χ1n) is 5.76. The second-order valence-corrected chi connectivity index (χ2v) is 4.76. The van der Waals surface area contributed by atoms with E-state index in [4.69, 9.17) is 0 Å². The summed E-state index contributed by atoms with van der Waals surface area (Å²) in [6, 6.07) is 0.417. The highest BCUT2D eigenvalue weighted by Crippen LogP contribution is 2.25. The Bertz CT molecular complexity index is 357. The van der Waals surface area contributed by atoms with Crippen LogP contribution >= 0.6 is 0 Å². The van der Waals surface area contributed by atoms with Gasteiger partial charge in [-0.25, -0.2) is 0 Å². The molecule has 0 spiro atoms. The van der Waals surface area contributed by atoms with Crippen LogP contribution in [0.4, 0.5) is 5.82 Å². The van der Waals surface area contributed by atoms with Crippen molar-refractivity contribution in [1.82, 2.24) is 9.78 Å². The Labute approximate surface area is 97.9 Å². The molecule has 0 aliphatic rings. The fourth-order valence-electron chi connectivity index (χ4n) is 1.96. The van der Waals surface area contributed by atoms with Gasteiger partial charge in [0.25, 0.3) is 0 Å². The van der Waals surface area contributed by atoms with Crippen LogP contribution in [0.2, 0.25) is 0 Å². The topological polar surface area (TPSA) is 41.3 Å². The SMILES string of the molecule is Cc1nn(C)c(N(C)C(C)C(C)C)c1CO. The number of anilines is 1. The molecule has 0 aliphatic heterocycles. The Morgan fingerprint density at radius 1 is 1.38 bits per heavy atom. The van der Waals surface area contributed by atoms with Crippen molar-refractivity contribution >= 4 is 5.82 Å². The third kappa shape index (κ3) is 2.21. The Hall–Kier alpha value is -1.03. The van der Waals surface area contributed by atoms with Crippen molar-refractivity contribution in [3.63, 3.8) is 0 Å². The van der Waals surface area contributed by atoms with Crippen molar-refractivity contribution in [1.29, 1.82) is 0 Å². The van der Waals surface area contributed by atoms with Gasteiger partial charge in [0.05, 0.1) is 12.3 Å². The van der Waals surface area contributed by atoms with Gasteiger partial charge >= 0.3 is 0 Å². The van der Waals surface area contributed by atoms with Crippen LogP contribution in [0.25, 0.3) is 0 Å². The van der Waals surface area contributed by atoms with E-state index < -0.39 is 0 Å². The van der Waals surface area contributed by atoms with Crippen LogP contribution in [0.3, 0.4) is 0 Å². The van der Waals surface area contributed by atoms with E-state index >= 15 is 0 Å². The molecule has 0 fully saturated rings. The van der Waals surface area contributed by atoms with Crippen LogP contribution in [0.1, 0.15) is 32.0 Å². The predicted molar refractivity (Wildman–Crippen MR) is 66.6 cm³/mol. The average Bonchev–Trinajstić information content (AvgIpc) is 2.50. The lowest BCUT2D eigenvalue weighted by Crippen LogP contribution is -2.35. The molecule has 4 nitrogen and oxygen atoms in total. The van der Waals surface area contributed by atoms with Gasteiger partial charge < -0.3 is 10.0 Å². The molecule has 0 aliphatic carbocycles. The van der Waals surface area contributed by atoms with E-state index in [1.54, 1.807) is 0 Å². The van der Waals surface area contributed by atoms with Gasteiger partial charge in [0.1, 0.15) is 5.82 Å². The van der Waals surface area contributed by atoms with Crippen molar-refractivity contribution in [2.24, 2.45) is 13.0 Å². The first-order valence-corrected chi connectivity index (χ1v) is 5.76. The molecule has 0 bridgehead atoms. The van der Waals surface area contributed by atoms with E-state index in [-0.39, 0.29) is 6.61 Å². The van der Waals surface area contributed by atoms with E-state index in [9.17, 15) is 5.11 Å². The Morgan fingerprint density at radius 3 is 2.38 bits per heavy atom. The zero-order chi connectivity index (χ0) is 12.5. The summed E-state index contributed by atoms with van der Waals surface area (Å²) in [5.74, 6) is 1.58. The number of hydrogen-bond donors (Lipinski definition) is 1. The molecule has 4 heteroatoms. The number of nitrogens with zero attached hydrogens (tertiary/aromatic N) is 3. The molecule has 1 heterocycles. The summed E-state index contributed by atoms with van der Waals surface area (Å²) < 4.78 is 1.85. The van der Waals surface area contributed by atoms with E-state index in [0.717, 1.165) is 17.1 Å². The normalized spacial score (nSPS) is 13.2. The lowest BCUT2D eigenvalue weighted by atomic mass is 10.0. The van der Waals surface area contributed by atoms with Gasteiger partial charge in [-0.15, -0.1) is 0 Å². The summed E-state index contributed by atoms with van der Waals surface area (Å²) in [5.41, 5.74) is 1.83. The summed E-state index contributed by atoms with van der Waals surface area (Å²) in [7, 11) is 3.98. The number of aromatic nitrogens is 2. The summed E-state index contributed by atoms with van der Waals surface area (Å²) in [5, 5.41) is 13.8. The first kappa shape index (κ1) is 13.0. The van der Waals surface area contributed by atoms with Gasteiger partial charge in [-0.05, 0) is 19.8 Å². The minimum atomic E-state index is 0.0458. The quantitative estimate of drug-likeness (QED) is 0.848. The summed E-state index contributed by atoms with van der Waals surface area (Å²) in [4.78, 5) is 2.19. The van der Waals surface area contributed by atoms with E-state index in [1.165, 1.54) is 0 Å².